The third kappa shape index (κ3) is 4.08. The highest BCUT2D eigenvalue weighted by Crippen LogP contribution is 2.26. The third-order valence-corrected chi connectivity index (χ3v) is 4.41. The van der Waals surface area contributed by atoms with Gasteiger partial charge in [0, 0.05) is 21.7 Å². The summed E-state index contributed by atoms with van der Waals surface area (Å²) in [5, 5.41) is 11.4. The molecule has 0 bridgehead atoms. The van der Waals surface area contributed by atoms with Crippen molar-refractivity contribution in [1.82, 2.24) is 0 Å². The maximum absolute atomic E-state index is 8.24. The minimum Gasteiger partial charge on any atom is -0.325 e. The average Bonchev–Trinajstić information content (AvgIpc) is 2.50. The van der Waals surface area contributed by atoms with Crippen LogP contribution in [0.15, 0.2) is 51.4 Å². The number of anilines is 2. The average molecular weight is 411 g/mol. The van der Waals surface area contributed by atoms with Crippen molar-refractivity contribution >= 4 is 49.2 Å². The van der Waals surface area contributed by atoms with Gasteiger partial charge in [-0.1, -0.05) is 35.0 Å². The number of hydrogen-bond donors (Lipinski definition) is 2. The van der Waals surface area contributed by atoms with Crippen molar-refractivity contribution in [1.29, 1.82) is 5.41 Å². The molecule has 0 aromatic heterocycles. The fourth-order valence-corrected chi connectivity index (χ4v) is 2.63. The van der Waals surface area contributed by atoms with E-state index >= 15 is 0 Å². The van der Waals surface area contributed by atoms with Gasteiger partial charge in [-0.2, -0.15) is 0 Å². The molecule has 0 aliphatic rings. The third-order valence-electron chi connectivity index (χ3n) is 3.22. The Morgan fingerprint density at radius 3 is 2.67 bits per heavy atom. The molecule has 0 amide bonds. The van der Waals surface area contributed by atoms with E-state index in [1.165, 1.54) is 5.56 Å². The molecule has 0 aliphatic carbocycles. The summed E-state index contributed by atoms with van der Waals surface area (Å²) < 4.78 is 1.89. The van der Waals surface area contributed by atoms with Crippen LogP contribution in [0.5, 0.6) is 0 Å². The molecule has 3 nitrogen and oxygen atoms in total. The van der Waals surface area contributed by atoms with Crippen molar-refractivity contribution in [2.45, 2.75) is 13.3 Å². The Hall–Kier alpha value is -1.33. The number of guanidine groups is 1. The SMILES string of the molecule is CCc1cccc(N(C)C(=N)Nc2cc(Br)ccc2Br)c1. The molecule has 2 rings (SSSR count). The Morgan fingerprint density at radius 2 is 1.95 bits per heavy atom. The van der Waals surface area contributed by atoms with E-state index in [0.29, 0.717) is 5.96 Å². The van der Waals surface area contributed by atoms with Crippen molar-refractivity contribution in [2.24, 2.45) is 0 Å². The number of nitrogens with one attached hydrogen (secondary N) is 2. The Kier molecular flexibility index (Phi) is 5.42. The number of aryl methyl sites for hydroxylation is 1. The molecule has 0 heterocycles. The second-order valence-electron chi connectivity index (χ2n) is 4.68. The molecule has 0 aliphatic heterocycles. The van der Waals surface area contributed by atoms with Crippen molar-refractivity contribution in [3.8, 4) is 0 Å². The fraction of sp³-hybridized carbons (Fsp3) is 0.188. The van der Waals surface area contributed by atoms with E-state index in [1.807, 2.05) is 42.3 Å². The quantitative estimate of drug-likeness (QED) is 0.535. The molecular formula is C16H17Br2N3. The van der Waals surface area contributed by atoms with E-state index in [2.05, 4.69) is 56.2 Å². The van der Waals surface area contributed by atoms with Crippen LogP contribution in [0.4, 0.5) is 11.4 Å². The minimum absolute atomic E-state index is 0.321. The van der Waals surface area contributed by atoms with Gasteiger partial charge in [-0.25, -0.2) is 0 Å². The molecule has 2 N–H and O–H groups in total. The predicted octanol–water partition coefficient (Wildman–Crippen LogP) is 5.26. The normalized spacial score (nSPS) is 10.3. The molecule has 2 aromatic carbocycles. The lowest BCUT2D eigenvalue weighted by molar-refractivity contribution is 1.13. The van der Waals surface area contributed by atoms with E-state index in [1.54, 1.807) is 0 Å². The topological polar surface area (TPSA) is 39.1 Å². The van der Waals surface area contributed by atoms with E-state index in [9.17, 15) is 0 Å². The zero-order valence-corrected chi connectivity index (χ0v) is 15.1. The van der Waals surface area contributed by atoms with Gasteiger partial charge in [0.2, 0.25) is 0 Å². The van der Waals surface area contributed by atoms with Crippen molar-refractivity contribution < 1.29 is 0 Å². The van der Waals surface area contributed by atoms with Crippen LogP contribution in [0.25, 0.3) is 0 Å². The van der Waals surface area contributed by atoms with Gasteiger partial charge in [-0.05, 0) is 58.2 Å². The number of hydrogen-bond acceptors (Lipinski definition) is 1. The van der Waals surface area contributed by atoms with Crippen LogP contribution in [0.3, 0.4) is 0 Å². The molecule has 0 radical (unpaired) electrons. The Labute approximate surface area is 142 Å². The second-order valence-corrected chi connectivity index (χ2v) is 6.45. The maximum atomic E-state index is 8.24. The van der Waals surface area contributed by atoms with Crippen LogP contribution in [-0.2, 0) is 6.42 Å². The minimum atomic E-state index is 0.321. The molecule has 0 saturated carbocycles. The summed E-state index contributed by atoms with van der Waals surface area (Å²) in [6, 6.07) is 14.1. The molecule has 0 atom stereocenters. The molecule has 5 heteroatoms. The van der Waals surface area contributed by atoms with E-state index < -0.39 is 0 Å². The van der Waals surface area contributed by atoms with Crippen LogP contribution >= 0.6 is 31.9 Å². The lowest BCUT2D eigenvalue weighted by Crippen LogP contribution is -2.32. The summed E-state index contributed by atoms with van der Waals surface area (Å²) in [4.78, 5) is 1.83. The molecule has 110 valence electrons. The number of nitrogens with zero attached hydrogens (tertiary/aromatic N) is 1. The first kappa shape index (κ1) is 16.0. The Bertz CT molecular complexity index is 656. The van der Waals surface area contributed by atoms with Crippen LogP contribution in [0, 0.1) is 5.41 Å². The van der Waals surface area contributed by atoms with E-state index in [4.69, 9.17) is 5.41 Å². The zero-order valence-electron chi connectivity index (χ0n) is 12.0. The van der Waals surface area contributed by atoms with Crippen molar-refractivity contribution in [3.05, 3.63) is 57.0 Å². The Morgan fingerprint density at radius 1 is 1.19 bits per heavy atom. The van der Waals surface area contributed by atoms with E-state index in [0.717, 1.165) is 26.7 Å². The highest BCUT2D eigenvalue weighted by atomic mass is 79.9. The first-order chi connectivity index (χ1) is 10.0. The molecule has 0 saturated heterocycles. The van der Waals surface area contributed by atoms with Gasteiger partial charge in [-0.3, -0.25) is 5.41 Å². The molecule has 2 aromatic rings. The molecular weight excluding hydrogens is 394 g/mol. The molecule has 0 unspecified atom stereocenters. The monoisotopic (exact) mass is 409 g/mol. The highest BCUT2D eigenvalue weighted by molar-refractivity contribution is 9.11. The number of benzene rings is 2. The zero-order chi connectivity index (χ0) is 15.4. The van der Waals surface area contributed by atoms with E-state index in [-0.39, 0.29) is 0 Å². The molecule has 0 fully saturated rings. The summed E-state index contributed by atoms with van der Waals surface area (Å²) in [6.45, 7) is 2.13. The molecule has 21 heavy (non-hydrogen) atoms. The van der Waals surface area contributed by atoms with Gasteiger partial charge < -0.3 is 10.2 Å². The first-order valence-corrected chi connectivity index (χ1v) is 8.23. The second kappa shape index (κ2) is 7.09. The van der Waals surface area contributed by atoms with Crippen molar-refractivity contribution in [3.63, 3.8) is 0 Å². The van der Waals surface area contributed by atoms with Gasteiger partial charge >= 0.3 is 0 Å². The maximum Gasteiger partial charge on any atom is 0.199 e. The largest absolute Gasteiger partial charge is 0.325 e. The van der Waals surface area contributed by atoms with Crippen molar-refractivity contribution in [2.75, 3.05) is 17.3 Å². The van der Waals surface area contributed by atoms with Crippen LogP contribution in [-0.4, -0.2) is 13.0 Å². The van der Waals surface area contributed by atoms with Crippen LogP contribution in [0.1, 0.15) is 12.5 Å². The standard InChI is InChI=1S/C16H17Br2N3/c1-3-11-5-4-6-13(9-11)21(2)16(19)20-15-10-12(17)7-8-14(15)18/h4-10H,3H2,1-2H3,(H2,19,20). The summed E-state index contributed by atoms with van der Waals surface area (Å²) in [7, 11) is 1.88. The van der Waals surface area contributed by atoms with Gasteiger partial charge in [0.05, 0.1) is 5.69 Å². The predicted molar refractivity (Wildman–Crippen MR) is 97.4 cm³/mol. The number of halogens is 2. The highest BCUT2D eigenvalue weighted by Gasteiger charge is 2.10. The number of rotatable bonds is 3. The van der Waals surface area contributed by atoms with Gasteiger partial charge in [0.15, 0.2) is 5.96 Å². The lowest BCUT2D eigenvalue weighted by Gasteiger charge is -2.22. The summed E-state index contributed by atoms with van der Waals surface area (Å²) >= 11 is 6.93. The summed E-state index contributed by atoms with van der Waals surface area (Å²) in [5.74, 6) is 0.321. The van der Waals surface area contributed by atoms with Gasteiger partial charge in [0.25, 0.3) is 0 Å². The Balaban J connectivity index is 2.17. The lowest BCUT2D eigenvalue weighted by atomic mass is 10.1. The fourth-order valence-electron chi connectivity index (χ4n) is 1.92. The van der Waals surface area contributed by atoms with Gasteiger partial charge in [-0.15, -0.1) is 0 Å². The summed E-state index contributed by atoms with van der Waals surface area (Å²) in [6.07, 6.45) is 0.986. The summed E-state index contributed by atoms with van der Waals surface area (Å²) in [5.41, 5.74) is 3.11. The van der Waals surface area contributed by atoms with Crippen LogP contribution < -0.4 is 10.2 Å². The van der Waals surface area contributed by atoms with Gasteiger partial charge in [0.1, 0.15) is 0 Å². The first-order valence-electron chi connectivity index (χ1n) is 6.64. The van der Waals surface area contributed by atoms with Crippen LogP contribution in [0.2, 0.25) is 0 Å². The molecule has 0 spiro atoms. The smallest absolute Gasteiger partial charge is 0.199 e.